The minimum Gasteiger partial charge on any atom is -0.330 e. The lowest BCUT2D eigenvalue weighted by molar-refractivity contribution is 0.223. The normalized spacial score (nSPS) is 10.9. The van der Waals surface area contributed by atoms with E-state index in [1.165, 1.54) is 11.1 Å². The summed E-state index contributed by atoms with van der Waals surface area (Å²) in [6, 6.07) is 12.4. The quantitative estimate of drug-likeness (QED) is 0.749. The smallest absolute Gasteiger partial charge is 0.325 e. The Morgan fingerprint density at radius 1 is 1.15 bits per heavy atom. The molecule has 1 N–H and O–H groups in total. The molecule has 0 unspecified atom stereocenters. The fraction of sp³-hybridized carbons (Fsp3) is 0.455. The van der Waals surface area contributed by atoms with E-state index in [-0.39, 0.29) is 6.03 Å². The van der Waals surface area contributed by atoms with Gasteiger partial charge in [0, 0.05) is 39.4 Å². The zero-order chi connectivity index (χ0) is 20.0. The van der Waals surface area contributed by atoms with Gasteiger partial charge < -0.3 is 10.2 Å². The van der Waals surface area contributed by atoms with Gasteiger partial charge in [0.1, 0.15) is 5.82 Å². The number of nitrogens with zero attached hydrogens (tertiary/aromatic N) is 3. The van der Waals surface area contributed by atoms with Crippen molar-refractivity contribution >= 4 is 11.8 Å². The average Bonchev–Trinajstić information content (AvgIpc) is 2.60. The van der Waals surface area contributed by atoms with E-state index in [1.54, 1.807) is 23.9 Å². The summed E-state index contributed by atoms with van der Waals surface area (Å²) in [7, 11) is 3.54. The molecule has 1 aromatic carbocycles. The SMILES string of the molecule is Cc1cc(C)nc(N(CCNCc2ccccc2C(C)C)C(=O)N(C)C)c1. The zero-order valence-electron chi connectivity index (χ0n) is 17.4. The van der Waals surface area contributed by atoms with Gasteiger partial charge in [-0.2, -0.15) is 0 Å². The molecule has 0 saturated carbocycles. The first-order chi connectivity index (χ1) is 12.8. The monoisotopic (exact) mass is 368 g/mol. The number of anilines is 1. The maximum Gasteiger partial charge on any atom is 0.325 e. The van der Waals surface area contributed by atoms with Gasteiger partial charge in [0.2, 0.25) is 0 Å². The van der Waals surface area contributed by atoms with Crippen LogP contribution in [0, 0.1) is 13.8 Å². The predicted molar refractivity (Wildman–Crippen MR) is 112 cm³/mol. The number of amides is 2. The number of carbonyl (C=O) groups excluding carboxylic acids is 1. The van der Waals surface area contributed by atoms with Crippen molar-refractivity contribution in [3.63, 3.8) is 0 Å². The first kappa shape index (κ1) is 20.9. The molecule has 0 fully saturated rings. The van der Waals surface area contributed by atoms with Gasteiger partial charge in [0.05, 0.1) is 0 Å². The zero-order valence-corrected chi connectivity index (χ0v) is 17.4. The first-order valence-electron chi connectivity index (χ1n) is 9.52. The fourth-order valence-electron chi connectivity index (χ4n) is 3.18. The summed E-state index contributed by atoms with van der Waals surface area (Å²) in [4.78, 5) is 20.5. The highest BCUT2D eigenvalue weighted by Crippen LogP contribution is 2.19. The average molecular weight is 369 g/mol. The molecule has 0 saturated heterocycles. The van der Waals surface area contributed by atoms with Crippen molar-refractivity contribution in [2.24, 2.45) is 0 Å². The molecule has 146 valence electrons. The van der Waals surface area contributed by atoms with Crippen LogP contribution in [-0.4, -0.2) is 43.1 Å². The summed E-state index contributed by atoms with van der Waals surface area (Å²) in [6.45, 7) is 10.5. The number of aromatic nitrogens is 1. The number of hydrogen-bond donors (Lipinski definition) is 1. The van der Waals surface area contributed by atoms with Crippen molar-refractivity contribution < 1.29 is 4.79 Å². The molecule has 0 atom stereocenters. The van der Waals surface area contributed by atoms with Crippen LogP contribution in [0.5, 0.6) is 0 Å². The highest BCUT2D eigenvalue weighted by molar-refractivity contribution is 5.90. The highest BCUT2D eigenvalue weighted by Gasteiger charge is 2.19. The van der Waals surface area contributed by atoms with Crippen LogP contribution < -0.4 is 10.2 Å². The van der Waals surface area contributed by atoms with E-state index in [9.17, 15) is 4.79 Å². The summed E-state index contributed by atoms with van der Waals surface area (Å²) in [6.07, 6.45) is 0. The van der Waals surface area contributed by atoms with Crippen LogP contribution in [0.3, 0.4) is 0 Å². The first-order valence-corrected chi connectivity index (χ1v) is 9.52. The van der Waals surface area contributed by atoms with Gasteiger partial charge in [-0.05, 0) is 48.6 Å². The van der Waals surface area contributed by atoms with Crippen molar-refractivity contribution in [1.29, 1.82) is 0 Å². The number of nitrogens with one attached hydrogen (secondary N) is 1. The third kappa shape index (κ3) is 5.79. The molecule has 0 aliphatic heterocycles. The Kier molecular flexibility index (Phi) is 7.36. The van der Waals surface area contributed by atoms with Crippen molar-refractivity contribution in [2.45, 2.75) is 40.2 Å². The van der Waals surface area contributed by atoms with E-state index < -0.39 is 0 Å². The molecule has 2 aromatic rings. The van der Waals surface area contributed by atoms with E-state index in [4.69, 9.17) is 0 Å². The van der Waals surface area contributed by atoms with Crippen LogP contribution in [0.25, 0.3) is 0 Å². The number of hydrogen-bond acceptors (Lipinski definition) is 3. The minimum atomic E-state index is -0.0584. The number of carbonyl (C=O) groups is 1. The van der Waals surface area contributed by atoms with E-state index >= 15 is 0 Å². The summed E-state index contributed by atoms with van der Waals surface area (Å²) < 4.78 is 0. The fourth-order valence-corrected chi connectivity index (χ4v) is 3.18. The molecule has 0 aliphatic carbocycles. The summed E-state index contributed by atoms with van der Waals surface area (Å²) >= 11 is 0. The summed E-state index contributed by atoms with van der Waals surface area (Å²) in [5, 5.41) is 3.48. The lowest BCUT2D eigenvalue weighted by Gasteiger charge is -2.26. The van der Waals surface area contributed by atoms with E-state index in [0.29, 0.717) is 24.8 Å². The molecule has 5 heteroatoms. The topological polar surface area (TPSA) is 48.5 Å². The van der Waals surface area contributed by atoms with Gasteiger partial charge in [0.25, 0.3) is 0 Å². The van der Waals surface area contributed by atoms with Crippen LogP contribution in [-0.2, 0) is 6.54 Å². The second-order valence-corrected chi connectivity index (χ2v) is 7.50. The Balaban J connectivity index is 2.06. The Hall–Kier alpha value is -2.40. The Bertz CT molecular complexity index is 750. The number of rotatable bonds is 7. The summed E-state index contributed by atoms with van der Waals surface area (Å²) in [5.41, 5.74) is 4.69. The molecule has 27 heavy (non-hydrogen) atoms. The van der Waals surface area contributed by atoms with Crippen molar-refractivity contribution in [3.05, 3.63) is 58.8 Å². The van der Waals surface area contributed by atoms with Crippen LogP contribution in [0.4, 0.5) is 10.6 Å². The van der Waals surface area contributed by atoms with Crippen LogP contribution in [0.2, 0.25) is 0 Å². The molecule has 0 bridgehead atoms. The second-order valence-electron chi connectivity index (χ2n) is 7.50. The van der Waals surface area contributed by atoms with Gasteiger partial charge in [0.15, 0.2) is 0 Å². The molecular weight excluding hydrogens is 336 g/mol. The molecule has 0 spiro atoms. The van der Waals surface area contributed by atoms with Crippen LogP contribution in [0.1, 0.15) is 42.1 Å². The van der Waals surface area contributed by atoms with Gasteiger partial charge in [-0.1, -0.05) is 38.1 Å². The van der Waals surface area contributed by atoms with Gasteiger partial charge in [-0.15, -0.1) is 0 Å². The van der Waals surface area contributed by atoms with Gasteiger partial charge in [-0.25, -0.2) is 9.78 Å². The Labute approximate surface area is 163 Å². The van der Waals surface area contributed by atoms with Crippen molar-refractivity contribution in [3.8, 4) is 0 Å². The molecule has 1 heterocycles. The van der Waals surface area contributed by atoms with E-state index in [0.717, 1.165) is 17.8 Å². The molecule has 1 aromatic heterocycles. The standard InChI is InChI=1S/C22H32N4O/c1-16(2)20-10-8-7-9-19(20)15-23-11-12-26(22(27)25(5)6)21-14-17(3)13-18(4)24-21/h7-10,13-14,16,23H,11-12,15H2,1-6H3. The third-order valence-electron chi connectivity index (χ3n) is 4.48. The third-order valence-corrected chi connectivity index (χ3v) is 4.48. The molecule has 2 amide bonds. The maximum atomic E-state index is 12.7. The number of aryl methyl sites for hydroxylation is 2. The second kappa shape index (κ2) is 9.51. The van der Waals surface area contributed by atoms with Gasteiger partial charge in [-0.3, -0.25) is 4.90 Å². The van der Waals surface area contributed by atoms with Crippen LogP contribution in [0.15, 0.2) is 36.4 Å². The molecule has 0 aliphatic rings. The largest absolute Gasteiger partial charge is 0.330 e. The Morgan fingerprint density at radius 3 is 2.48 bits per heavy atom. The van der Waals surface area contributed by atoms with E-state index in [1.807, 2.05) is 26.0 Å². The van der Waals surface area contributed by atoms with Crippen molar-refractivity contribution in [1.82, 2.24) is 15.2 Å². The predicted octanol–water partition coefficient (Wildman–Crippen LogP) is 4.10. The lowest BCUT2D eigenvalue weighted by Crippen LogP contribution is -2.43. The number of urea groups is 1. The highest BCUT2D eigenvalue weighted by atomic mass is 16.2. The lowest BCUT2D eigenvalue weighted by atomic mass is 9.97. The number of benzene rings is 1. The molecular formula is C22H32N4O. The molecule has 2 rings (SSSR count). The van der Waals surface area contributed by atoms with Crippen LogP contribution >= 0.6 is 0 Å². The minimum absolute atomic E-state index is 0.0584. The maximum absolute atomic E-state index is 12.7. The molecule has 0 radical (unpaired) electrons. The van der Waals surface area contributed by atoms with Crippen molar-refractivity contribution in [2.75, 3.05) is 32.1 Å². The van der Waals surface area contributed by atoms with E-state index in [2.05, 4.69) is 48.4 Å². The van der Waals surface area contributed by atoms with Gasteiger partial charge >= 0.3 is 6.03 Å². The number of pyridine rings is 1. The Morgan fingerprint density at radius 2 is 1.85 bits per heavy atom. The summed E-state index contributed by atoms with van der Waals surface area (Å²) in [5.74, 6) is 1.20. The molecule has 5 nitrogen and oxygen atoms in total.